The van der Waals surface area contributed by atoms with Crippen LogP contribution in [-0.2, 0) is 33.4 Å². The summed E-state index contributed by atoms with van der Waals surface area (Å²) in [4.78, 5) is 5.19. The van der Waals surface area contributed by atoms with Crippen molar-refractivity contribution in [2.45, 2.75) is 149 Å². The number of aryl methyl sites for hydroxylation is 1. The smallest absolute Gasteiger partial charge is 0.748 e. The molecule has 7 aromatic carbocycles. The van der Waals surface area contributed by atoms with E-state index in [1.54, 1.807) is 12.1 Å². The molecule has 0 aromatic heterocycles. The fourth-order valence-electron chi connectivity index (χ4n) is 17.4. The number of allylic oxidation sites excluding steroid dienone is 1. The number of phenolic OH excluding ortho intramolecular Hbond substituents is 1. The van der Waals surface area contributed by atoms with Gasteiger partial charge in [-0.2, -0.15) is 0 Å². The topological polar surface area (TPSA) is 221 Å². The van der Waals surface area contributed by atoms with Crippen molar-refractivity contribution in [2.75, 3.05) is 6.61 Å². The molecule has 1 saturated heterocycles. The summed E-state index contributed by atoms with van der Waals surface area (Å²) < 4.78 is 57.9. The Hall–Kier alpha value is -6.54. The maximum Gasteiger partial charge on any atom is 1.00 e. The Morgan fingerprint density at radius 3 is 2.40 bits per heavy atom. The van der Waals surface area contributed by atoms with Crippen molar-refractivity contribution >= 4 is 32.9 Å². The molecule has 9 aliphatic rings. The number of aliphatic hydroxyl groups excluding tert-OH is 2. The summed E-state index contributed by atoms with van der Waals surface area (Å²) in [6.07, 6.45) is 11.4. The van der Waals surface area contributed by atoms with Crippen molar-refractivity contribution in [1.82, 2.24) is 0 Å². The summed E-state index contributed by atoms with van der Waals surface area (Å²) in [6.45, 7) is 2.06. The number of aromatic hydroxyl groups is 1. The van der Waals surface area contributed by atoms with Crippen LogP contribution in [-0.4, -0.2) is 62.9 Å². The number of aliphatic hydroxyl groups is 3. The number of nitrogens with two attached hydrogens (primary N) is 2. The predicted molar refractivity (Wildman–Crippen MR) is 350 cm³/mol. The molecule has 5 aliphatic heterocycles. The Morgan fingerprint density at radius 2 is 1.63 bits per heavy atom. The minimum atomic E-state index is -4.97. The van der Waals surface area contributed by atoms with Gasteiger partial charge in [-0.1, -0.05) is 164 Å². The van der Waals surface area contributed by atoms with E-state index < -0.39 is 56.7 Å². The van der Waals surface area contributed by atoms with Gasteiger partial charge < -0.3 is 45.9 Å². The van der Waals surface area contributed by atoms with Gasteiger partial charge in [-0.3, -0.25) is 0 Å². The zero-order valence-electron chi connectivity index (χ0n) is 51.9. The number of guanidine groups is 1. The van der Waals surface area contributed by atoms with E-state index >= 15 is 0 Å². The first-order valence-corrected chi connectivity index (χ1v) is 34.0. The number of nitrogens with zero attached hydrogens (tertiary/aromatic N) is 1. The summed E-state index contributed by atoms with van der Waals surface area (Å²) in [5.41, 5.74) is 21.4. The van der Waals surface area contributed by atoms with Gasteiger partial charge in [0.25, 0.3) is 0 Å². The minimum absolute atomic E-state index is 0. The molecule has 1 saturated carbocycles. The first-order chi connectivity index (χ1) is 43.5. The molecule has 4 aliphatic carbocycles. The van der Waals surface area contributed by atoms with Crippen LogP contribution in [0.25, 0.3) is 16.8 Å². The molecule has 12 nitrogen and oxygen atoms in total. The first-order valence-electron chi connectivity index (χ1n) is 32.5. The quantitative estimate of drug-likeness (QED) is 0.0179. The van der Waals surface area contributed by atoms with Crippen LogP contribution in [0.15, 0.2) is 174 Å². The van der Waals surface area contributed by atoms with Crippen LogP contribution in [0, 0.1) is 41.4 Å². The third-order valence-corrected chi connectivity index (χ3v) is 23.1. The van der Waals surface area contributed by atoms with Gasteiger partial charge in [-0.15, -0.1) is 0 Å². The fourth-order valence-corrected chi connectivity index (χ4v) is 18.5. The monoisotopic (exact) mass is 1250 g/mol. The van der Waals surface area contributed by atoms with E-state index in [-0.39, 0.29) is 102 Å². The molecular formula is C77H80N3NaO9S. The van der Waals surface area contributed by atoms with Crippen LogP contribution in [0.5, 0.6) is 11.5 Å². The average molecular weight is 1250 g/mol. The molecule has 8 N–H and O–H groups in total. The molecule has 15 atom stereocenters. The molecule has 5 heterocycles. The maximum atomic E-state index is 14.4. The third-order valence-electron chi connectivity index (χ3n) is 21.8. The Bertz CT molecular complexity index is 4120. The Kier molecular flexibility index (Phi) is 17.9. The normalized spacial score (nSPS) is 29.5. The first kappa shape index (κ1) is 63.2. The molecule has 0 spiro atoms. The molecule has 10 bridgehead atoms. The van der Waals surface area contributed by atoms with Gasteiger partial charge in [0.15, 0.2) is 5.96 Å². The maximum absolute atomic E-state index is 14.4. The van der Waals surface area contributed by atoms with Gasteiger partial charge in [0.05, 0.1) is 33.2 Å². The van der Waals surface area contributed by atoms with Crippen molar-refractivity contribution in [1.29, 1.82) is 0 Å². The number of ether oxygens (including phenoxy) is 2. The van der Waals surface area contributed by atoms with Crippen molar-refractivity contribution in [3.05, 3.63) is 231 Å². The fraction of sp³-hybridized carbons (Fsp3) is 0.390. The van der Waals surface area contributed by atoms with Crippen LogP contribution in [0.2, 0.25) is 0 Å². The van der Waals surface area contributed by atoms with Gasteiger partial charge in [0.2, 0.25) is 5.72 Å². The zero-order chi connectivity index (χ0) is 62.1. The van der Waals surface area contributed by atoms with E-state index in [2.05, 4.69) is 91.6 Å². The Balaban J connectivity index is 0.00000758. The molecule has 14 heteroatoms. The largest absolute Gasteiger partial charge is 1.00 e. The summed E-state index contributed by atoms with van der Waals surface area (Å²) in [5, 5.41) is 48.3. The molecular weight excluding hydrogens is 1170 g/mol. The summed E-state index contributed by atoms with van der Waals surface area (Å²) in [6, 6.07) is 50.3. The molecule has 0 unspecified atom stereocenters. The molecule has 2 fully saturated rings. The molecule has 7 aromatic rings. The third kappa shape index (κ3) is 12.5. The molecule has 0 amide bonds. The summed E-state index contributed by atoms with van der Waals surface area (Å²) >= 11 is 0. The van der Waals surface area contributed by atoms with Gasteiger partial charge in [0, 0.05) is 42.1 Å². The Morgan fingerprint density at radius 1 is 0.857 bits per heavy atom. The predicted octanol–water partition coefficient (Wildman–Crippen LogP) is 10.2. The van der Waals surface area contributed by atoms with Crippen LogP contribution in [0.4, 0.5) is 0 Å². The van der Waals surface area contributed by atoms with Crippen molar-refractivity contribution in [3.8, 4) is 23.3 Å². The second-order valence-corrected chi connectivity index (χ2v) is 28.9. The van der Waals surface area contributed by atoms with Gasteiger partial charge in [-0.05, 0) is 203 Å². The van der Waals surface area contributed by atoms with E-state index in [4.69, 9.17) is 25.9 Å². The average Bonchev–Trinajstić information content (AvgIpc) is 1.77. The standard InChI is InChI=1S/C77H81N3O9S.Na/c1-46-18-19-55-39-62-30-33-64(55)68(46)42-70(90(85,86)87)69-41-58-37-57(40-63-36-48(45-81)11-5-15-54-38-61(82)29-32-65(54)74(58)88-63)72(69)52-24-27-59(28-25-52)77(89-62,80-75(78)79)44-60(35-47-9-3-2-4-10-47)76(84)34-8-16-56(43-76)49-20-22-53(23-21-49)73(83)67-31-26-51-13-6-12-50-14-7-17-66(67)71(50)51;/h2-4,6-7,9-10,12-14,17,20-33,38-39,41,46,48,56-57,60,63,67-70,72-74,81-84H,8,11,16,18-19,34-37,40,42-45H2,1H3,(H4,78,79,80)(H,85,86,87);/q;+1/p-1/t46-,48+,56+,57-,60+,63-,67-,68+,69-,70-,72+,73-,74-,76-,77-;/m1./s1. The molecule has 91 heavy (non-hydrogen) atoms. The number of hydrogen-bond acceptors (Lipinski definition) is 10. The van der Waals surface area contributed by atoms with Crippen molar-refractivity contribution < 1.29 is 72.4 Å². The number of aliphatic imine (C=N–C) groups is 1. The van der Waals surface area contributed by atoms with Crippen LogP contribution < -0.4 is 45.8 Å². The summed E-state index contributed by atoms with van der Waals surface area (Å²) in [7, 11) is -4.97. The van der Waals surface area contributed by atoms with Crippen LogP contribution in [0.3, 0.4) is 0 Å². The van der Waals surface area contributed by atoms with Gasteiger partial charge >= 0.3 is 29.6 Å². The van der Waals surface area contributed by atoms with Crippen LogP contribution >= 0.6 is 0 Å². The van der Waals surface area contributed by atoms with Gasteiger partial charge in [-0.25, -0.2) is 13.4 Å². The van der Waals surface area contributed by atoms with E-state index in [1.165, 1.54) is 5.39 Å². The number of benzene rings is 7. The van der Waals surface area contributed by atoms with Crippen LogP contribution in [0.1, 0.15) is 175 Å². The zero-order valence-corrected chi connectivity index (χ0v) is 54.7. The molecule has 464 valence electrons. The second-order valence-electron chi connectivity index (χ2n) is 27.3. The number of hydrogen-bond donors (Lipinski definition) is 6. The summed E-state index contributed by atoms with van der Waals surface area (Å²) in [5.74, 6) is 4.40. The SMILES string of the molecule is C[C@@H]1CCc2cc3ccc2[C@H]1C[C@@H](S(=O)(=O)[O-])[C@H]1C=C2C[C@H](C[C@H]4C[C@@H](CO)CC#Cc5cc(O)ccc5[C@@H]2O4)[C@@H]1c1ccc(cc1)[C@](C[C@H](Cc1ccccc1)[C@@]1(O)CCC[C@H](c2ccc([C@@H](O)[C@@H]4C=Cc5cccc6cccc4c56)cc2)C1)(N=C(N)N)O3.[Na+]. The number of rotatable bonds is 11. The van der Waals surface area contributed by atoms with Gasteiger partial charge in [0.1, 0.15) is 17.6 Å². The van der Waals surface area contributed by atoms with Crippen molar-refractivity contribution in [2.24, 2.45) is 46.0 Å². The minimum Gasteiger partial charge on any atom is -0.748 e. The van der Waals surface area contributed by atoms with E-state index in [1.807, 2.05) is 84.9 Å². The number of phenols is 1. The van der Waals surface area contributed by atoms with E-state index in [0.29, 0.717) is 68.2 Å². The molecule has 0 radical (unpaired) electrons. The van der Waals surface area contributed by atoms with E-state index in [9.17, 15) is 33.4 Å². The molecule has 16 rings (SSSR count). The Labute approximate surface area is 557 Å². The van der Waals surface area contributed by atoms with Crippen molar-refractivity contribution in [3.63, 3.8) is 0 Å². The van der Waals surface area contributed by atoms with E-state index in [0.717, 1.165) is 80.3 Å². The second kappa shape index (κ2) is 25.7. The number of fused-ring (bicyclic) bond motifs is 9.